The second-order valence-electron chi connectivity index (χ2n) is 9.35. The van der Waals surface area contributed by atoms with Gasteiger partial charge in [-0.05, 0) is 62.4 Å². The van der Waals surface area contributed by atoms with Gasteiger partial charge in [-0.3, -0.25) is 4.98 Å². The number of hydrogen-bond acceptors (Lipinski definition) is 8. The van der Waals surface area contributed by atoms with Crippen molar-refractivity contribution in [2.24, 2.45) is 0 Å². The second kappa shape index (κ2) is 9.69. The Morgan fingerprint density at radius 3 is 2.56 bits per heavy atom. The van der Waals surface area contributed by atoms with Crippen LogP contribution >= 0.6 is 0 Å². The summed E-state index contributed by atoms with van der Waals surface area (Å²) in [5, 5.41) is 11.0. The van der Waals surface area contributed by atoms with Gasteiger partial charge in [0, 0.05) is 35.5 Å². The molecule has 184 valence electrons. The Morgan fingerprint density at radius 1 is 0.917 bits per heavy atom. The first-order chi connectivity index (χ1) is 17.6. The molecule has 10 heteroatoms. The number of piperidine rings is 1. The zero-order valence-corrected chi connectivity index (χ0v) is 19.6. The number of fused-ring (bicyclic) bond motifs is 1. The Kier molecular flexibility index (Phi) is 6.10. The van der Waals surface area contributed by atoms with Crippen LogP contribution in [0.4, 0.5) is 26.2 Å². The van der Waals surface area contributed by atoms with Gasteiger partial charge in [-0.2, -0.15) is 0 Å². The zero-order chi connectivity index (χ0) is 24.5. The van der Waals surface area contributed by atoms with E-state index >= 15 is 0 Å². The monoisotopic (exact) mass is 488 g/mol. The molecule has 0 aromatic carbocycles. The number of aromatic nitrogens is 5. The molecule has 2 fully saturated rings. The fraction of sp³-hybridized carbons (Fsp3) is 0.346. The molecule has 1 saturated carbocycles. The van der Waals surface area contributed by atoms with Gasteiger partial charge in [0.2, 0.25) is 0 Å². The van der Waals surface area contributed by atoms with Crippen molar-refractivity contribution < 1.29 is 8.78 Å². The van der Waals surface area contributed by atoms with E-state index in [9.17, 15) is 8.78 Å². The highest BCUT2D eigenvalue weighted by atomic mass is 19.1. The van der Waals surface area contributed by atoms with E-state index in [1.807, 2.05) is 6.20 Å². The predicted octanol–water partition coefficient (Wildman–Crippen LogP) is 4.94. The summed E-state index contributed by atoms with van der Waals surface area (Å²) in [6.07, 6.45) is 11.9. The van der Waals surface area contributed by atoms with E-state index in [1.54, 1.807) is 24.5 Å². The van der Waals surface area contributed by atoms with Gasteiger partial charge >= 0.3 is 0 Å². The number of nitrogens with one attached hydrogen (secondary N) is 3. The maximum absolute atomic E-state index is 14.1. The third kappa shape index (κ3) is 4.56. The smallest absolute Gasteiger partial charge is 0.168 e. The van der Waals surface area contributed by atoms with Crippen molar-refractivity contribution in [3.8, 4) is 11.4 Å². The molecule has 4 aromatic heterocycles. The normalized spacial score (nSPS) is 16.6. The molecule has 0 unspecified atom stereocenters. The maximum atomic E-state index is 14.1. The van der Waals surface area contributed by atoms with E-state index in [4.69, 9.17) is 9.97 Å². The number of anilines is 3. The van der Waals surface area contributed by atoms with E-state index in [-0.39, 0.29) is 5.82 Å². The molecule has 0 amide bonds. The standard InChI is InChI=1S/C26H26F2N8/c27-17-11-20(28)25(32-12-17)35-22-10-16(4-9-31-22)24-34-21-14-30-13-19(15-2-1-3-15)23(21)26(36-24)33-18-5-7-29-8-6-18/h4,9-15,18,29H,1-3,5-8H2,(H,31,32,35)(H,33,34,36). The van der Waals surface area contributed by atoms with E-state index in [1.165, 1.54) is 12.0 Å². The largest absolute Gasteiger partial charge is 0.367 e. The Bertz CT molecular complexity index is 1400. The summed E-state index contributed by atoms with van der Waals surface area (Å²) in [4.78, 5) is 22.4. The molecule has 5 heterocycles. The van der Waals surface area contributed by atoms with Crippen LogP contribution < -0.4 is 16.0 Å². The van der Waals surface area contributed by atoms with Crippen LogP contribution in [0.1, 0.15) is 43.6 Å². The molecule has 4 aromatic rings. The molecular weight excluding hydrogens is 462 g/mol. The minimum absolute atomic E-state index is 0.108. The second-order valence-corrected chi connectivity index (χ2v) is 9.35. The Morgan fingerprint density at radius 2 is 1.78 bits per heavy atom. The molecule has 0 spiro atoms. The van der Waals surface area contributed by atoms with E-state index in [0.29, 0.717) is 29.2 Å². The van der Waals surface area contributed by atoms with Gasteiger partial charge < -0.3 is 16.0 Å². The van der Waals surface area contributed by atoms with Gasteiger partial charge in [-0.15, -0.1) is 0 Å². The highest BCUT2D eigenvalue weighted by Gasteiger charge is 2.25. The van der Waals surface area contributed by atoms with Crippen LogP contribution in [0, 0.1) is 11.6 Å². The van der Waals surface area contributed by atoms with Crippen molar-refractivity contribution >= 4 is 28.4 Å². The fourth-order valence-electron chi connectivity index (χ4n) is 4.80. The Hall–Kier alpha value is -3.79. The summed E-state index contributed by atoms with van der Waals surface area (Å²) >= 11 is 0. The number of nitrogens with zero attached hydrogens (tertiary/aromatic N) is 5. The third-order valence-electron chi connectivity index (χ3n) is 6.93. The van der Waals surface area contributed by atoms with Crippen LogP contribution in [0.5, 0.6) is 0 Å². The summed E-state index contributed by atoms with van der Waals surface area (Å²) in [5.41, 5.74) is 2.70. The SMILES string of the molecule is Fc1cnc(Nc2cc(-c3nc(NC4CCNCC4)c4c(C5CCC5)cncc4n3)ccn2)c(F)c1. The van der Waals surface area contributed by atoms with Crippen molar-refractivity contribution in [1.82, 2.24) is 30.2 Å². The molecule has 2 aliphatic rings. The number of halogens is 2. The van der Waals surface area contributed by atoms with Gasteiger partial charge in [0.15, 0.2) is 17.5 Å². The lowest BCUT2D eigenvalue weighted by Gasteiger charge is -2.29. The van der Waals surface area contributed by atoms with Gasteiger partial charge in [-0.25, -0.2) is 28.7 Å². The average molecular weight is 489 g/mol. The van der Waals surface area contributed by atoms with Crippen LogP contribution in [0.25, 0.3) is 22.3 Å². The lowest BCUT2D eigenvalue weighted by atomic mass is 9.79. The molecule has 36 heavy (non-hydrogen) atoms. The van der Waals surface area contributed by atoms with E-state index < -0.39 is 11.6 Å². The first-order valence-electron chi connectivity index (χ1n) is 12.3. The van der Waals surface area contributed by atoms with Crippen molar-refractivity contribution in [1.29, 1.82) is 0 Å². The summed E-state index contributed by atoms with van der Waals surface area (Å²) in [6, 6.07) is 4.63. The molecule has 0 atom stereocenters. The molecular formula is C26H26F2N8. The van der Waals surface area contributed by atoms with Crippen molar-refractivity contribution in [2.75, 3.05) is 23.7 Å². The molecule has 1 aliphatic carbocycles. The third-order valence-corrected chi connectivity index (χ3v) is 6.93. The molecule has 8 nitrogen and oxygen atoms in total. The Balaban J connectivity index is 1.40. The lowest BCUT2D eigenvalue weighted by Crippen LogP contribution is -2.35. The molecule has 0 bridgehead atoms. The minimum atomic E-state index is -0.799. The van der Waals surface area contributed by atoms with Crippen molar-refractivity contribution in [3.05, 3.63) is 60.2 Å². The summed E-state index contributed by atoms with van der Waals surface area (Å²) in [5.74, 6) is 0.527. The minimum Gasteiger partial charge on any atom is -0.367 e. The van der Waals surface area contributed by atoms with Gasteiger partial charge in [0.1, 0.15) is 17.5 Å². The zero-order valence-electron chi connectivity index (χ0n) is 19.6. The maximum Gasteiger partial charge on any atom is 0.168 e. The van der Waals surface area contributed by atoms with Gasteiger partial charge in [0.25, 0.3) is 0 Å². The average Bonchev–Trinajstić information content (AvgIpc) is 2.85. The molecule has 3 N–H and O–H groups in total. The quantitative estimate of drug-likeness (QED) is 0.351. The van der Waals surface area contributed by atoms with Gasteiger partial charge in [-0.1, -0.05) is 6.42 Å². The molecule has 6 rings (SSSR count). The van der Waals surface area contributed by atoms with E-state index in [2.05, 4.69) is 30.9 Å². The predicted molar refractivity (Wildman–Crippen MR) is 134 cm³/mol. The summed E-state index contributed by atoms with van der Waals surface area (Å²) in [7, 11) is 0. The van der Waals surface area contributed by atoms with Crippen LogP contribution in [0.2, 0.25) is 0 Å². The summed E-state index contributed by atoms with van der Waals surface area (Å²) < 4.78 is 27.3. The Labute approximate surface area is 207 Å². The van der Waals surface area contributed by atoms with Crippen LogP contribution in [-0.2, 0) is 0 Å². The summed E-state index contributed by atoms with van der Waals surface area (Å²) in [6.45, 7) is 1.94. The molecule has 1 saturated heterocycles. The molecule has 0 radical (unpaired) electrons. The van der Waals surface area contributed by atoms with Crippen LogP contribution in [-0.4, -0.2) is 44.1 Å². The van der Waals surface area contributed by atoms with E-state index in [0.717, 1.165) is 67.8 Å². The fourth-order valence-corrected chi connectivity index (χ4v) is 4.80. The number of rotatable bonds is 6. The van der Waals surface area contributed by atoms with Crippen LogP contribution in [0.3, 0.4) is 0 Å². The first kappa shape index (κ1) is 22.7. The number of pyridine rings is 3. The lowest BCUT2D eigenvalue weighted by molar-refractivity contribution is 0.421. The highest BCUT2D eigenvalue weighted by molar-refractivity contribution is 5.93. The van der Waals surface area contributed by atoms with Gasteiger partial charge in [0.05, 0.1) is 17.9 Å². The van der Waals surface area contributed by atoms with Crippen LogP contribution in [0.15, 0.2) is 43.0 Å². The first-order valence-corrected chi connectivity index (χ1v) is 12.3. The van der Waals surface area contributed by atoms with Crippen molar-refractivity contribution in [2.45, 2.75) is 44.1 Å². The highest BCUT2D eigenvalue weighted by Crippen LogP contribution is 2.41. The topological polar surface area (TPSA) is 101 Å². The van der Waals surface area contributed by atoms with Crippen molar-refractivity contribution in [3.63, 3.8) is 0 Å². The number of hydrogen-bond donors (Lipinski definition) is 3. The molecule has 1 aliphatic heterocycles.